The summed E-state index contributed by atoms with van der Waals surface area (Å²) in [4.78, 5) is 11.6. The number of aryl methyl sites for hydroxylation is 1. The van der Waals surface area contributed by atoms with E-state index in [-0.39, 0.29) is 5.91 Å². The second-order valence-corrected chi connectivity index (χ2v) is 3.93. The Bertz CT molecular complexity index is 420. The maximum absolute atomic E-state index is 11.6. The molecule has 0 spiro atoms. The van der Waals surface area contributed by atoms with E-state index >= 15 is 0 Å². The van der Waals surface area contributed by atoms with Gasteiger partial charge in [-0.05, 0) is 31.0 Å². The molecule has 1 N–H and O–H groups in total. The highest BCUT2D eigenvalue weighted by Gasteiger charge is 2.05. The van der Waals surface area contributed by atoms with Crippen molar-refractivity contribution in [3.05, 3.63) is 34.3 Å². The first kappa shape index (κ1) is 12.6. The van der Waals surface area contributed by atoms with E-state index < -0.39 is 0 Å². The van der Waals surface area contributed by atoms with Gasteiger partial charge in [0, 0.05) is 23.6 Å². The smallest absolute Gasteiger partial charge is 0.251 e. The van der Waals surface area contributed by atoms with E-state index in [1.165, 1.54) is 0 Å². The molecule has 84 valence electrons. The quantitative estimate of drug-likeness (QED) is 0.631. The lowest BCUT2D eigenvalue weighted by molar-refractivity contribution is 0.0953. The van der Waals surface area contributed by atoms with Gasteiger partial charge in [-0.2, -0.15) is 0 Å². The van der Waals surface area contributed by atoms with Crippen LogP contribution in [-0.2, 0) is 0 Å². The molecule has 0 bridgehead atoms. The number of benzene rings is 1. The Morgan fingerprint density at radius 2 is 2.31 bits per heavy atom. The number of hydrogen-bond donors (Lipinski definition) is 1. The second kappa shape index (κ2) is 6.19. The van der Waals surface area contributed by atoms with Gasteiger partial charge >= 0.3 is 0 Å². The molecule has 0 unspecified atom stereocenters. The van der Waals surface area contributed by atoms with Crippen LogP contribution in [0.4, 0.5) is 0 Å². The van der Waals surface area contributed by atoms with Gasteiger partial charge in [0.05, 0.1) is 0 Å². The van der Waals surface area contributed by atoms with Gasteiger partial charge in [-0.15, -0.1) is 12.3 Å². The van der Waals surface area contributed by atoms with Crippen molar-refractivity contribution in [2.75, 3.05) is 6.54 Å². The molecular formula is C13H14ClNO. The molecule has 0 saturated heterocycles. The Morgan fingerprint density at radius 1 is 1.56 bits per heavy atom. The Hall–Kier alpha value is -1.46. The van der Waals surface area contributed by atoms with E-state index in [1.54, 1.807) is 12.1 Å². The lowest BCUT2D eigenvalue weighted by atomic mass is 10.1. The number of terminal acetylenes is 1. The largest absolute Gasteiger partial charge is 0.352 e. The number of amides is 1. The number of carbonyl (C=O) groups excluding carboxylic acids is 1. The first-order valence-corrected chi connectivity index (χ1v) is 5.50. The third-order valence-corrected chi connectivity index (χ3v) is 2.62. The standard InChI is InChI=1S/C13H14ClNO/c1-3-4-5-8-15-13(16)11-7-6-10(2)12(14)9-11/h1,6-7,9H,4-5,8H2,2H3,(H,15,16). The molecular weight excluding hydrogens is 222 g/mol. The highest BCUT2D eigenvalue weighted by atomic mass is 35.5. The summed E-state index contributed by atoms with van der Waals surface area (Å²) in [7, 11) is 0. The molecule has 0 saturated carbocycles. The van der Waals surface area contributed by atoms with Gasteiger partial charge in [-0.3, -0.25) is 4.79 Å². The Kier molecular flexibility index (Phi) is 4.88. The minimum absolute atomic E-state index is 0.112. The zero-order valence-corrected chi connectivity index (χ0v) is 9.97. The van der Waals surface area contributed by atoms with Crippen molar-refractivity contribution in [1.82, 2.24) is 5.32 Å². The molecule has 16 heavy (non-hydrogen) atoms. The summed E-state index contributed by atoms with van der Waals surface area (Å²) in [5.74, 6) is 2.41. The minimum Gasteiger partial charge on any atom is -0.352 e. The number of carbonyl (C=O) groups is 1. The summed E-state index contributed by atoms with van der Waals surface area (Å²) in [6, 6.07) is 5.27. The van der Waals surface area contributed by atoms with Crippen molar-refractivity contribution in [1.29, 1.82) is 0 Å². The maximum atomic E-state index is 11.6. The van der Waals surface area contributed by atoms with Crippen LogP contribution in [0.5, 0.6) is 0 Å². The van der Waals surface area contributed by atoms with E-state index in [2.05, 4.69) is 11.2 Å². The summed E-state index contributed by atoms with van der Waals surface area (Å²) in [6.45, 7) is 2.49. The topological polar surface area (TPSA) is 29.1 Å². The molecule has 0 aliphatic heterocycles. The minimum atomic E-state index is -0.112. The molecule has 1 rings (SSSR count). The second-order valence-electron chi connectivity index (χ2n) is 3.53. The van der Waals surface area contributed by atoms with E-state index in [0.717, 1.165) is 12.0 Å². The number of nitrogens with one attached hydrogen (secondary N) is 1. The zero-order chi connectivity index (χ0) is 12.0. The fourth-order valence-electron chi connectivity index (χ4n) is 1.23. The van der Waals surface area contributed by atoms with Crippen molar-refractivity contribution in [3.63, 3.8) is 0 Å². The molecule has 1 aromatic carbocycles. The molecule has 0 aromatic heterocycles. The maximum Gasteiger partial charge on any atom is 0.251 e. The number of rotatable bonds is 4. The van der Waals surface area contributed by atoms with Crippen LogP contribution >= 0.6 is 11.6 Å². The van der Waals surface area contributed by atoms with E-state index in [1.807, 2.05) is 13.0 Å². The fourth-order valence-corrected chi connectivity index (χ4v) is 1.41. The van der Waals surface area contributed by atoms with Gasteiger partial charge in [-0.25, -0.2) is 0 Å². The molecule has 2 nitrogen and oxygen atoms in total. The van der Waals surface area contributed by atoms with Crippen LogP contribution in [0.25, 0.3) is 0 Å². The number of unbranched alkanes of at least 4 members (excludes halogenated alkanes) is 1. The predicted octanol–water partition coefficient (Wildman–Crippen LogP) is 2.79. The highest BCUT2D eigenvalue weighted by Crippen LogP contribution is 2.16. The summed E-state index contributed by atoms with van der Waals surface area (Å²) in [5.41, 5.74) is 1.54. The summed E-state index contributed by atoms with van der Waals surface area (Å²) >= 11 is 5.94. The molecule has 0 aliphatic rings. The molecule has 0 radical (unpaired) electrons. The van der Waals surface area contributed by atoms with Gasteiger partial charge in [0.2, 0.25) is 0 Å². The van der Waals surface area contributed by atoms with Crippen LogP contribution in [0, 0.1) is 19.3 Å². The first-order valence-electron chi connectivity index (χ1n) is 5.13. The van der Waals surface area contributed by atoms with Gasteiger partial charge in [0.15, 0.2) is 0 Å². The highest BCUT2D eigenvalue weighted by molar-refractivity contribution is 6.31. The van der Waals surface area contributed by atoms with Gasteiger partial charge in [-0.1, -0.05) is 17.7 Å². The van der Waals surface area contributed by atoms with Crippen molar-refractivity contribution in [3.8, 4) is 12.3 Å². The fraction of sp³-hybridized carbons (Fsp3) is 0.308. The van der Waals surface area contributed by atoms with Crippen LogP contribution in [0.1, 0.15) is 28.8 Å². The Balaban J connectivity index is 2.53. The summed E-state index contributed by atoms with van der Waals surface area (Å²) in [5, 5.41) is 3.39. The Morgan fingerprint density at radius 3 is 2.94 bits per heavy atom. The monoisotopic (exact) mass is 235 g/mol. The molecule has 1 aromatic rings. The third-order valence-electron chi connectivity index (χ3n) is 2.22. The Labute approximate surface area is 101 Å². The number of hydrogen-bond acceptors (Lipinski definition) is 1. The lowest BCUT2D eigenvalue weighted by Crippen LogP contribution is -2.24. The predicted molar refractivity (Wildman–Crippen MR) is 66.6 cm³/mol. The SMILES string of the molecule is C#CCCCNC(=O)c1ccc(C)c(Cl)c1. The van der Waals surface area contributed by atoms with Gasteiger partial charge < -0.3 is 5.32 Å². The number of halogens is 1. The van der Waals surface area contributed by atoms with Crippen LogP contribution in [0.2, 0.25) is 5.02 Å². The first-order chi connectivity index (χ1) is 7.65. The summed E-state index contributed by atoms with van der Waals surface area (Å²) < 4.78 is 0. The van der Waals surface area contributed by atoms with Crippen molar-refractivity contribution in [2.24, 2.45) is 0 Å². The average Bonchev–Trinajstić information content (AvgIpc) is 2.28. The molecule has 0 atom stereocenters. The summed E-state index contributed by atoms with van der Waals surface area (Å²) in [6.07, 6.45) is 6.58. The molecule has 0 aliphatic carbocycles. The van der Waals surface area contributed by atoms with E-state index in [0.29, 0.717) is 23.6 Å². The van der Waals surface area contributed by atoms with Crippen LogP contribution in [0.3, 0.4) is 0 Å². The van der Waals surface area contributed by atoms with Gasteiger partial charge in [0.25, 0.3) is 5.91 Å². The van der Waals surface area contributed by atoms with Crippen molar-refractivity contribution in [2.45, 2.75) is 19.8 Å². The van der Waals surface area contributed by atoms with Crippen LogP contribution in [-0.4, -0.2) is 12.5 Å². The van der Waals surface area contributed by atoms with Crippen LogP contribution in [0.15, 0.2) is 18.2 Å². The van der Waals surface area contributed by atoms with Crippen molar-refractivity contribution < 1.29 is 4.79 Å². The molecule has 3 heteroatoms. The van der Waals surface area contributed by atoms with E-state index in [4.69, 9.17) is 18.0 Å². The van der Waals surface area contributed by atoms with Crippen molar-refractivity contribution >= 4 is 17.5 Å². The normalized spacial score (nSPS) is 9.56. The lowest BCUT2D eigenvalue weighted by Gasteiger charge is -2.05. The zero-order valence-electron chi connectivity index (χ0n) is 9.22. The van der Waals surface area contributed by atoms with Crippen LogP contribution < -0.4 is 5.32 Å². The third kappa shape index (κ3) is 3.60. The van der Waals surface area contributed by atoms with E-state index in [9.17, 15) is 4.79 Å². The molecule has 1 amide bonds. The van der Waals surface area contributed by atoms with Gasteiger partial charge in [0.1, 0.15) is 0 Å². The average molecular weight is 236 g/mol. The molecule has 0 heterocycles. The molecule has 0 fully saturated rings.